The number of amides is 1. The van der Waals surface area contributed by atoms with Crippen molar-refractivity contribution < 1.29 is 4.79 Å². The molecule has 3 nitrogen and oxygen atoms in total. The summed E-state index contributed by atoms with van der Waals surface area (Å²) >= 11 is 0. The summed E-state index contributed by atoms with van der Waals surface area (Å²) < 4.78 is 0. The average Bonchev–Trinajstić information content (AvgIpc) is 2.32. The molecule has 1 heterocycles. The van der Waals surface area contributed by atoms with Gasteiger partial charge in [0.2, 0.25) is 5.91 Å². The fourth-order valence-corrected chi connectivity index (χ4v) is 2.45. The Morgan fingerprint density at radius 2 is 2.33 bits per heavy atom. The molecular formula is C15H22N2O. The van der Waals surface area contributed by atoms with Crippen LogP contribution in [0.15, 0.2) is 24.3 Å². The molecule has 0 unspecified atom stereocenters. The Hall–Kier alpha value is -1.35. The van der Waals surface area contributed by atoms with Crippen LogP contribution in [0.2, 0.25) is 0 Å². The van der Waals surface area contributed by atoms with E-state index in [4.69, 9.17) is 0 Å². The van der Waals surface area contributed by atoms with E-state index < -0.39 is 0 Å². The van der Waals surface area contributed by atoms with Crippen LogP contribution in [0.4, 0.5) is 0 Å². The summed E-state index contributed by atoms with van der Waals surface area (Å²) in [6.45, 7) is 6.21. The molecule has 98 valence electrons. The predicted octanol–water partition coefficient (Wildman–Crippen LogP) is 1.65. The van der Waals surface area contributed by atoms with Crippen LogP contribution in [-0.4, -0.2) is 25.0 Å². The molecule has 1 aliphatic heterocycles. The second kappa shape index (κ2) is 6.01. The van der Waals surface area contributed by atoms with Crippen molar-refractivity contribution in [3.63, 3.8) is 0 Å². The molecule has 3 heteroatoms. The third-order valence-electron chi connectivity index (χ3n) is 3.62. The lowest BCUT2D eigenvalue weighted by atomic mass is 9.94. The third kappa shape index (κ3) is 3.57. The molecule has 1 aromatic rings. The van der Waals surface area contributed by atoms with E-state index in [0.717, 1.165) is 25.1 Å². The van der Waals surface area contributed by atoms with Crippen LogP contribution in [0.5, 0.6) is 0 Å². The van der Waals surface area contributed by atoms with Crippen LogP contribution < -0.4 is 10.6 Å². The van der Waals surface area contributed by atoms with Crippen molar-refractivity contribution in [3.8, 4) is 0 Å². The van der Waals surface area contributed by atoms with Gasteiger partial charge in [-0.15, -0.1) is 0 Å². The van der Waals surface area contributed by atoms with Crippen molar-refractivity contribution in [2.45, 2.75) is 32.7 Å². The number of benzene rings is 1. The number of rotatable bonds is 3. The first-order chi connectivity index (χ1) is 8.65. The van der Waals surface area contributed by atoms with E-state index in [0.29, 0.717) is 12.3 Å². The number of hydrogen-bond donors (Lipinski definition) is 2. The predicted molar refractivity (Wildman–Crippen MR) is 73.5 cm³/mol. The van der Waals surface area contributed by atoms with Gasteiger partial charge in [0.1, 0.15) is 0 Å². The smallest absolute Gasteiger partial charge is 0.224 e. The van der Waals surface area contributed by atoms with Crippen molar-refractivity contribution in [2.75, 3.05) is 13.1 Å². The number of aryl methyl sites for hydroxylation is 1. The molecule has 1 aliphatic rings. The van der Waals surface area contributed by atoms with Crippen LogP contribution in [0.1, 0.15) is 24.5 Å². The number of carbonyl (C=O) groups is 1. The Morgan fingerprint density at radius 1 is 1.50 bits per heavy atom. The van der Waals surface area contributed by atoms with Gasteiger partial charge in [-0.3, -0.25) is 4.79 Å². The SMILES string of the molecule is Cc1cccc(CC(=O)N[C@H]2CNCC[C@@H]2C)c1. The second-order valence-electron chi connectivity index (χ2n) is 5.31. The first-order valence-electron chi connectivity index (χ1n) is 6.71. The minimum atomic E-state index is 0.126. The summed E-state index contributed by atoms with van der Waals surface area (Å²) in [7, 11) is 0. The Bertz CT molecular complexity index is 417. The van der Waals surface area contributed by atoms with E-state index in [-0.39, 0.29) is 11.9 Å². The van der Waals surface area contributed by atoms with Gasteiger partial charge >= 0.3 is 0 Å². The summed E-state index contributed by atoms with van der Waals surface area (Å²) in [5.74, 6) is 0.689. The Morgan fingerprint density at radius 3 is 3.06 bits per heavy atom. The van der Waals surface area contributed by atoms with Gasteiger partial charge in [0, 0.05) is 12.6 Å². The van der Waals surface area contributed by atoms with E-state index in [1.165, 1.54) is 5.56 Å². The van der Waals surface area contributed by atoms with Gasteiger partial charge in [-0.25, -0.2) is 0 Å². The lowest BCUT2D eigenvalue weighted by Crippen LogP contribution is -2.50. The van der Waals surface area contributed by atoms with Crippen LogP contribution in [0.3, 0.4) is 0 Å². The standard InChI is InChI=1S/C15H22N2O/c1-11-4-3-5-13(8-11)9-15(18)17-14-10-16-7-6-12(14)2/h3-5,8,12,14,16H,6-7,9-10H2,1-2H3,(H,17,18)/t12-,14-/m0/s1. The number of nitrogens with one attached hydrogen (secondary N) is 2. The highest BCUT2D eigenvalue weighted by Gasteiger charge is 2.22. The molecule has 0 saturated carbocycles. The number of piperidine rings is 1. The third-order valence-corrected chi connectivity index (χ3v) is 3.62. The lowest BCUT2D eigenvalue weighted by molar-refractivity contribution is -0.121. The maximum absolute atomic E-state index is 12.0. The van der Waals surface area contributed by atoms with Crippen molar-refractivity contribution in [1.29, 1.82) is 0 Å². The summed E-state index contributed by atoms with van der Waals surface area (Å²) in [6.07, 6.45) is 1.61. The Balaban J connectivity index is 1.88. The molecule has 18 heavy (non-hydrogen) atoms. The largest absolute Gasteiger partial charge is 0.352 e. The highest BCUT2D eigenvalue weighted by molar-refractivity contribution is 5.79. The highest BCUT2D eigenvalue weighted by Crippen LogP contribution is 2.11. The molecule has 1 fully saturated rings. The quantitative estimate of drug-likeness (QED) is 0.851. The zero-order valence-corrected chi connectivity index (χ0v) is 11.2. The van der Waals surface area contributed by atoms with Crippen molar-refractivity contribution in [3.05, 3.63) is 35.4 Å². The van der Waals surface area contributed by atoms with E-state index in [1.54, 1.807) is 0 Å². The van der Waals surface area contributed by atoms with Crippen molar-refractivity contribution in [1.82, 2.24) is 10.6 Å². The average molecular weight is 246 g/mol. The van der Waals surface area contributed by atoms with Gasteiger partial charge in [-0.05, 0) is 31.4 Å². The highest BCUT2D eigenvalue weighted by atomic mass is 16.1. The lowest BCUT2D eigenvalue weighted by Gasteiger charge is -2.30. The van der Waals surface area contributed by atoms with E-state index >= 15 is 0 Å². The van der Waals surface area contributed by atoms with Crippen LogP contribution in [0, 0.1) is 12.8 Å². The molecule has 0 aliphatic carbocycles. The molecule has 1 aromatic carbocycles. The molecular weight excluding hydrogens is 224 g/mol. The topological polar surface area (TPSA) is 41.1 Å². The molecule has 0 radical (unpaired) electrons. The minimum Gasteiger partial charge on any atom is -0.352 e. The molecule has 1 amide bonds. The van der Waals surface area contributed by atoms with Crippen molar-refractivity contribution >= 4 is 5.91 Å². The fourth-order valence-electron chi connectivity index (χ4n) is 2.45. The maximum Gasteiger partial charge on any atom is 0.224 e. The molecule has 2 N–H and O–H groups in total. The van der Waals surface area contributed by atoms with Gasteiger partial charge in [0.15, 0.2) is 0 Å². The maximum atomic E-state index is 12.0. The van der Waals surface area contributed by atoms with E-state index in [1.807, 2.05) is 12.1 Å². The Kier molecular flexibility index (Phi) is 4.37. The summed E-state index contributed by atoms with van der Waals surface area (Å²) in [5.41, 5.74) is 2.29. The Labute approximate surface area is 109 Å². The van der Waals surface area contributed by atoms with Crippen LogP contribution in [-0.2, 0) is 11.2 Å². The van der Waals surface area contributed by atoms with Gasteiger partial charge in [0.05, 0.1) is 6.42 Å². The summed E-state index contributed by atoms with van der Waals surface area (Å²) in [6, 6.07) is 8.41. The van der Waals surface area contributed by atoms with E-state index in [2.05, 4.69) is 36.6 Å². The molecule has 2 atom stereocenters. The van der Waals surface area contributed by atoms with Gasteiger partial charge in [0.25, 0.3) is 0 Å². The second-order valence-corrected chi connectivity index (χ2v) is 5.31. The van der Waals surface area contributed by atoms with Gasteiger partial charge < -0.3 is 10.6 Å². The first kappa shape index (κ1) is 13.1. The van der Waals surface area contributed by atoms with Gasteiger partial charge in [-0.2, -0.15) is 0 Å². The van der Waals surface area contributed by atoms with Crippen LogP contribution >= 0.6 is 0 Å². The molecule has 0 aromatic heterocycles. The van der Waals surface area contributed by atoms with E-state index in [9.17, 15) is 4.79 Å². The monoisotopic (exact) mass is 246 g/mol. The fraction of sp³-hybridized carbons (Fsp3) is 0.533. The van der Waals surface area contributed by atoms with Crippen molar-refractivity contribution in [2.24, 2.45) is 5.92 Å². The molecule has 0 spiro atoms. The number of hydrogen-bond acceptors (Lipinski definition) is 2. The summed E-state index contributed by atoms with van der Waals surface area (Å²) in [5, 5.41) is 6.46. The normalized spacial score (nSPS) is 23.7. The zero-order chi connectivity index (χ0) is 13.0. The van der Waals surface area contributed by atoms with Gasteiger partial charge in [-0.1, -0.05) is 36.8 Å². The van der Waals surface area contributed by atoms with Crippen LogP contribution in [0.25, 0.3) is 0 Å². The molecule has 2 rings (SSSR count). The summed E-state index contributed by atoms with van der Waals surface area (Å²) in [4.78, 5) is 12.0. The minimum absolute atomic E-state index is 0.126. The molecule has 0 bridgehead atoms. The number of carbonyl (C=O) groups excluding carboxylic acids is 1. The zero-order valence-electron chi connectivity index (χ0n) is 11.2. The first-order valence-corrected chi connectivity index (χ1v) is 6.71. The molecule has 1 saturated heterocycles.